The summed E-state index contributed by atoms with van der Waals surface area (Å²) in [7, 11) is 0. The highest BCUT2D eigenvalue weighted by atomic mass is 32.2. The van der Waals surface area contributed by atoms with Crippen LogP contribution in [0.5, 0.6) is 0 Å². The molecule has 0 atom stereocenters. The van der Waals surface area contributed by atoms with Crippen LogP contribution in [0.15, 0.2) is 30.5 Å². The van der Waals surface area contributed by atoms with Gasteiger partial charge < -0.3 is 14.9 Å². The van der Waals surface area contributed by atoms with Crippen LogP contribution in [0.25, 0.3) is 5.57 Å². The van der Waals surface area contributed by atoms with Crippen LogP contribution in [-0.2, 0) is 16.7 Å². The smallest absolute Gasteiger partial charge is 0.291 e. The predicted octanol–water partition coefficient (Wildman–Crippen LogP) is 4.86. The monoisotopic (exact) mass is 468 g/mol. The lowest BCUT2D eigenvalue weighted by Gasteiger charge is -2.41. The quantitative estimate of drug-likeness (QED) is 0.614. The van der Waals surface area contributed by atoms with Gasteiger partial charge in [-0.15, -0.1) is 0 Å². The summed E-state index contributed by atoms with van der Waals surface area (Å²) in [5.41, 5.74) is 5.32. The highest BCUT2D eigenvalue weighted by molar-refractivity contribution is 7.91. The summed E-state index contributed by atoms with van der Waals surface area (Å²) in [6.45, 7) is 12.6. The van der Waals surface area contributed by atoms with Gasteiger partial charge in [0.2, 0.25) is 0 Å². The molecule has 1 aromatic carbocycles. The van der Waals surface area contributed by atoms with Gasteiger partial charge in [0.1, 0.15) is 11.5 Å². The fourth-order valence-corrected chi connectivity index (χ4v) is 5.76. The topological polar surface area (TPSA) is 84.1 Å². The van der Waals surface area contributed by atoms with Gasteiger partial charge in [0.15, 0.2) is 5.82 Å². The maximum atomic E-state index is 12.9. The summed E-state index contributed by atoms with van der Waals surface area (Å²) in [6.07, 6.45) is 7.21. The summed E-state index contributed by atoms with van der Waals surface area (Å²) < 4.78 is 11.9. The van der Waals surface area contributed by atoms with E-state index in [2.05, 4.69) is 66.1 Å². The van der Waals surface area contributed by atoms with Crippen LogP contribution in [0, 0.1) is 12.3 Å². The van der Waals surface area contributed by atoms with E-state index in [-0.39, 0.29) is 11.4 Å². The molecule has 1 aliphatic carbocycles. The van der Waals surface area contributed by atoms with Crippen LogP contribution in [0.1, 0.15) is 74.4 Å². The number of carbonyl (C=O) groups is 1. The first-order valence-corrected chi connectivity index (χ1v) is 13.3. The number of amides is 1. The van der Waals surface area contributed by atoms with Crippen LogP contribution >= 0.6 is 0 Å². The Morgan fingerprint density at radius 2 is 2.00 bits per heavy atom. The highest BCUT2D eigenvalue weighted by Crippen LogP contribution is 2.41. The second kappa shape index (κ2) is 9.28. The summed E-state index contributed by atoms with van der Waals surface area (Å²) in [5, 5.41) is 3.09. The maximum absolute atomic E-state index is 12.9. The van der Waals surface area contributed by atoms with E-state index in [1.165, 1.54) is 11.1 Å². The van der Waals surface area contributed by atoms with Crippen LogP contribution in [-0.4, -0.2) is 49.9 Å². The first-order chi connectivity index (χ1) is 15.5. The predicted molar refractivity (Wildman–Crippen MR) is 136 cm³/mol. The number of H-pyrrole nitrogens is 1. The molecule has 1 saturated heterocycles. The van der Waals surface area contributed by atoms with Crippen molar-refractivity contribution in [2.45, 2.75) is 59.4 Å². The number of allylic oxidation sites excluding steroid dienone is 2. The molecule has 2 aromatic rings. The molecule has 0 radical (unpaired) electrons. The lowest BCUT2D eigenvalue weighted by atomic mass is 9.76. The molecule has 0 spiro atoms. The van der Waals surface area contributed by atoms with Crippen molar-refractivity contribution in [3.63, 3.8) is 0 Å². The number of imidazole rings is 1. The summed E-state index contributed by atoms with van der Waals surface area (Å²) in [5.74, 6) is 1.55. The van der Waals surface area contributed by atoms with Crippen molar-refractivity contribution in [3.8, 4) is 0 Å². The molecule has 2 N–H and O–H groups in total. The third kappa shape index (κ3) is 5.36. The molecular formula is C26H36N4O2S. The van der Waals surface area contributed by atoms with E-state index in [4.69, 9.17) is 0 Å². The third-order valence-corrected chi connectivity index (χ3v) is 8.46. The summed E-state index contributed by atoms with van der Waals surface area (Å²) >= 11 is -0.702. The van der Waals surface area contributed by atoms with Gasteiger partial charge in [-0.2, -0.15) is 0 Å². The fourth-order valence-electron chi connectivity index (χ4n) is 4.71. The first-order valence-electron chi connectivity index (χ1n) is 11.8. The number of aromatic amines is 1. The molecule has 2 aliphatic rings. The number of aryl methyl sites for hydroxylation is 1. The van der Waals surface area contributed by atoms with Crippen molar-refractivity contribution in [3.05, 3.63) is 53.1 Å². The Kier molecular flexibility index (Phi) is 6.76. The standard InChI is InChI=1S/C26H36N4O2S/c1-18-17-27-23(28-18)24(31)29-22-7-6-20(26(4,5)30-12-14-33(32)15-13-30)16-21(22)19-8-10-25(2,3)11-9-19/h6-8,16-17H,9-15H2,1-5H3,(H,27,28)(H,29,31). The van der Waals surface area contributed by atoms with Gasteiger partial charge in [0.05, 0.1) is 5.69 Å². The average molecular weight is 469 g/mol. The fraction of sp³-hybridized carbons (Fsp3) is 0.538. The minimum Gasteiger partial charge on any atom is -0.616 e. The largest absolute Gasteiger partial charge is 0.616 e. The van der Waals surface area contributed by atoms with E-state index in [1.807, 2.05) is 13.0 Å². The zero-order chi connectivity index (χ0) is 23.8. The molecule has 0 saturated carbocycles. The second-order valence-electron chi connectivity index (χ2n) is 10.6. The first kappa shape index (κ1) is 24.0. The normalized spacial score (nSPS) is 19.9. The van der Waals surface area contributed by atoms with Gasteiger partial charge >= 0.3 is 0 Å². The number of hydrogen-bond donors (Lipinski definition) is 2. The third-order valence-electron chi connectivity index (χ3n) is 7.18. The van der Waals surface area contributed by atoms with E-state index in [1.54, 1.807) is 6.20 Å². The van der Waals surface area contributed by atoms with Gasteiger partial charge in [-0.05, 0) is 68.7 Å². The number of nitrogens with one attached hydrogen (secondary N) is 2. The maximum Gasteiger partial charge on any atom is 0.291 e. The Hall–Kier alpha value is -2.09. The lowest BCUT2D eigenvalue weighted by molar-refractivity contribution is 0.101. The molecule has 0 unspecified atom stereocenters. The minimum atomic E-state index is -0.702. The SMILES string of the molecule is Cc1c[nH]c(C(=O)Nc2ccc(C(C)(C)N3CC[S+]([O-])CC3)cc2C2=CCC(C)(C)CC2)n1. The molecule has 178 valence electrons. The van der Waals surface area contributed by atoms with Crippen molar-refractivity contribution in [1.82, 2.24) is 14.9 Å². The molecule has 7 heteroatoms. The number of anilines is 1. The van der Waals surface area contributed by atoms with E-state index in [9.17, 15) is 9.35 Å². The number of benzene rings is 1. The van der Waals surface area contributed by atoms with Gasteiger partial charge in [-0.1, -0.05) is 37.2 Å². The Balaban J connectivity index is 1.68. The molecule has 2 heterocycles. The Morgan fingerprint density at radius 1 is 1.27 bits per heavy atom. The van der Waals surface area contributed by atoms with Crippen LogP contribution in [0.4, 0.5) is 5.69 Å². The van der Waals surface area contributed by atoms with E-state index in [0.717, 1.165) is 60.8 Å². The number of nitrogens with zero attached hydrogens (tertiary/aromatic N) is 2. The zero-order valence-corrected chi connectivity index (χ0v) is 21.3. The van der Waals surface area contributed by atoms with Crippen LogP contribution in [0.2, 0.25) is 0 Å². The number of rotatable bonds is 5. The van der Waals surface area contributed by atoms with Gasteiger partial charge in [-0.3, -0.25) is 9.69 Å². The molecule has 1 amide bonds. The Labute approximate surface area is 200 Å². The lowest BCUT2D eigenvalue weighted by Crippen LogP contribution is -2.49. The average Bonchev–Trinajstić information content (AvgIpc) is 3.21. The molecule has 1 aromatic heterocycles. The van der Waals surface area contributed by atoms with Crippen molar-refractivity contribution in [1.29, 1.82) is 0 Å². The number of hydrogen-bond acceptors (Lipinski definition) is 4. The molecule has 4 rings (SSSR count). The zero-order valence-electron chi connectivity index (χ0n) is 20.5. The van der Waals surface area contributed by atoms with Crippen LogP contribution in [0.3, 0.4) is 0 Å². The van der Waals surface area contributed by atoms with E-state index < -0.39 is 11.2 Å². The van der Waals surface area contributed by atoms with Gasteiger partial charge in [-0.25, -0.2) is 4.98 Å². The van der Waals surface area contributed by atoms with Crippen LogP contribution < -0.4 is 5.32 Å². The highest BCUT2D eigenvalue weighted by Gasteiger charge is 2.34. The number of carbonyl (C=O) groups excluding carboxylic acids is 1. The van der Waals surface area contributed by atoms with Crippen molar-refractivity contribution >= 4 is 28.3 Å². The van der Waals surface area contributed by atoms with Crippen molar-refractivity contribution in [2.24, 2.45) is 5.41 Å². The molecule has 6 nitrogen and oxygen atoms in total. The number of aromatic nitrogens is 2. The Bertz CT molecular complexity index is 1050. The van der Waals surface area contributed by atoms with Crippen molar-refractivity contribution < 1.29 is 9.35 Å². The molecule has 1 aliphatic heterocycles. The van der Waals surface area contributed by atoms with Crippen molar-refractivity contribution in [2.75, 3.05) is 29.9 Å². The Morgan fingerprint density at radius 3 is 2.61 bits per heavy atom. The molecule has 1 fully saturated rings. The molecule has 33 heavy (non-hydrogen) atoms. The van der Waals surface area contributed by atoms with E-state index in [0.29, 0.717) is 11.2 Å². The van der Waals surface area contributed by atoms with Gasteiger partial charge in [0.25, 0.3) is 5.91 Å². The minimum absolute atomic E-state index is 0.186. The molecular weight excluding hydrogens is 432 g/mol. The second-order valence-corrected chi connectivity index (χ2v) is 12.3. The summed E-state index contributed by atoms with van der Waals surface area (Å²) in [4.78, 5) is 22.5. The van der Waals surface area contributed by atoms with Gasteiger partial charge in [0, 0.05) is 36.1 Å². The molecule has 0 bridgehead atoms. The van der Waals surface area contributed by atoms with E-state index >= 15 is 0 Å². The summed E-state index contributed by atoms with van der Waals surface area (Å²) in [6, 6.07) is 6.40.